The van der Waals surface area contributed by atoms with Gasteiger partial charge in [0.05, 0.1) is 19.4 Å². The SMILES string of the molecule is CC(C)(C)c1cn[nH]c1N1CCOCC1. The number of anilines is 1. The fourth-order valence-electron chi connectivity index (χ4n) is 1.86. The number of morpholine rings is 1. The van der Waals surface area contributed by atoms with Crippen LogP contribution in [-0.4, -0.2) is 36.5 Å². The number of aromatic nitrogens is 2. The average Bonchev–Trinajstić information content (AvgIpc) is 2.67. The van der Waals surface area contributed by atoms with Gasteiger partial charge in [-0.15, -0.1) is 0 Å². The molecule has 0 atom stereocenters. The van der Waals surface area contributed by atoms with Crippen LogP contribution in [-0.2, 0) is 10.2 Å². The minimum Gasteiger partial charge on any atom is -0.378 e. The summed E-state index contributed by atoms with van der Waals surface area (Å²) in [7, 11) is 0. The zero-order chi connectivity index (χ0) is 10.9. The highest BCUT2D eigenvalue weighted by molar-refractivity contribution is 5.49. The first-order chi connectivity index (χ1) is 7.09. The van der Waals surface area contributed by atoms with Gasteiger partial charge in [0.2, 0.25) is 0 Å². The molecule has 0 aliphatic carbocycles. The van der Waals surface area contributed by atoms with Crippen molar-refractivity contribution in [2.75, 3.05) is 31.2 Å². The van der Waals surface area contributed by atoms with Crippen molar-refractivity contribution < 1.29 is 4.74 Å². The maximum absolute atomic E-state index is 5.35. The van der Waals surface area contributed by atoms with Gasteiger partial charge in [-0.1, -0.05) is 20.8 Å². The van der Waals surface area contributed by atoms with Crippen LogP contribution in [0.15, 0.2) is 6.20 Å². The van der Waals surface area contributed by atoms with Crippen LogP contribution in [0.3, 0.4) is 0 Å². The second-order valence-corrected chi connectivity index (χ2v) is 4.98. The van der Waals surface area contributed by atoms with Crippen molar-refractivity contribution >= 4 is 5.82 Å². The summed E-state index contributed by atoms with van der Waals surface area (Å²) in [6.45, 7) is 10.1. The van der Waals surface area contributed by atoms with Gasteiger partial charge in [0.15, 0.2) is 0 Å². The Kier molecular flexibility index (Phi) is 2.69. The van der Waals surface area contributed by atoms with E-state index in [0.717, 1.165) is 32.1 Å². The molecule has 1 aromatic heterocycles. The number of ether oxygens (including phenoxy) is 1. The van der Waals surface area contributed by atoms with Gasteiger partial charge >= 0.3 is 0 Å². The molecule has 0 saturated carbocycles. The van der Waals surface area contributed by atoms with E-state index in [0.29, 0.717) is 0 Å². The van der Waals surface area contributed by atoms with E-state index in [1.54, 1.807) is 0 Å². The number of nitrogens with zero attached hydrogens (tertiary/aromatic N) is 2. The third-order valence-electron chi connectivity index (χ3n) is 2.75. The molecule has 0 bridgehead atoms. The molecule has 2 rings (SSSR count). The van der Waals surface area contributed by atoms with E-state index in [1.807, 2.05) is 6.20 Å². The minimum atomic E-state index is 0.140. The molecule has 1 N–H and O–H groups in total. The van der Waals surface area contributed by atoms with E-state index in [-0.39, 0.29) is 5.41 Å². The molecule has 0 spiro atoms. The summed E-state index contributed by atoms with van der Waals surface area (Å²) in [5, 5.41) is 7.26. The molecular formula is C11H19N3O. The van der Waals surface area contributed by atoms with Gasteiger partial charge in [0.1, 0.15) is 5.82 Å². The molecule has 1 aromatic rings. The Morgan fingerprint density at radius 3 is 2.60 bits per heavy atom. The van der Waals surface area contributed by atoms with E-state index in [4.69, 9.17) is 4.74 Å². The van der Waals surface area contributed by atoms with E-state index in [2.05, 4.69) is 35.9 Å². The lowest BCUT2D eigenvalue weighted by Gasteiger charge is -2.30. The molecule has 4 nitrogen and oxygen atoms in total. The molecule has 1 aliphatic heterocycles. The summed E-state index contributed by atoms with van der Waals surface area (Å²) in [4.78, 5) is 2.32. The van der Waals surface area contributed by atoms with E-state index in [9.17, 15) is 0 Å². The summed E-state index contributed by atoms with van der Waals surface area (Å²) in [5.74, 6) is 1.16. The summed E-state index contributed by atoms with van der Waals surface area (Å²) in [5.41, 5.74) is 1.42. The Labute approximate surface area is 90.6 Å². The number of H-pyrrole nitrogens is 1. The maximum atomic E-state index is 5.35. The Morgan fingerprint density at radius 2 is 2.00 bits per heavy atom. The number of nitrogens with one attached hydrogen (secondary N) is 1. The second-order valence-electron chi connectivity index (χ2n) is 4.98. The standard InChI is InChI=1S/C11H19N3O/c1-11(2,3)9-8-12-13-10(9)14-4-6-15-7-5-14/h8H,4-7H2,1-3H3,(H,12,13). The number of rotatable bonds is 1. The van der Waals surface area contributed by atoms with E-state index < -0.39 is 0 Å². The topological polar surface area (TPSA) is 41.2 Å². The van der Waals surface area contributed by atoms with Crippen LogP contribution in [0.4, 0.5) is 5.82 Å². The Hall–Kier alpha value is -1.03. The highest BCUT2D eigenvalue weighted by Gasteiger charge is 2.24. The fourth-order valence-corrected chi connectivity index (χ4v) is 1.86. The van der Waals surface area contributed by atoms with Crippen molar-refractivity contribution in [3.8, 4) is 0 Å². The normalized spacial score (nSPS) is 18.2. The minimum absolute atomic E-state index is 0.140. The molecule has 1 saturated heterocycles. The zero-order valence-electron chi connectivity index (χ0n) is 9.71. The van der Waals surface area contributed by atoms with Crippen molar-refractivity contribution in [3.05, 3.63) is 11.8 Å². The van der Waals surface area contributed by atoms with Crippen LogP contribution in [0.25, 0.3) is 0 Å². The lowest BCUT2D eigenvalue weighted by Crippen LogP contribution is -2.37. The van der Waals surface area contributed by atoms with Crippen LogP contribution in [0, 0.1) is 0 Å². The summed E-state index contributed by atoms with van der Waals surface area (Å²) in [6, 6.07) is 0. The zero-order valence-corrected chi connectivity index (χ0v) is 9.71. The van der Waals surface area contributed by atoms with Crippen LogP contribution in [0.1, 0.15) is 26.3 Å². The first-order valence-electron chi connectivity index (χ1n) is 5.45. The Bertz CT molecular complexity index is 321. The molecule has 4 heteroatoms. The predicted octanol–water partition coefficient (Wildman–Crippen LogP) is 1.54. The third kappa shape index (κ3) is 2.15. The smallest absolute Gasteiger partial charge is 0.127 e. The lowest BCUT2D eigenvalue weighted by atomic mass is 9.88. The lowest BCUT2D eigenvalue weighted by molar-refractivity contribution is 0.122. The summed E-state index contributed by atoms with van der Waals surface area (Å²) >= 11 is 0. The van der Waals surface area contributed by atoms with E-state index >= 15 is 0 Å². The highest BCUT2D eigenvalue weighted by Crippen LogP contribution is 2.30. The molecule has 1 fully saturated rings. The third-order valence-corrected chi connectivity index (χ3v) is 2.75. The van der Waals surface area contributed by atoms with Crippen molar-refractivity contribution in [2.45, 2.75) is 26.2 Å². The summed E-state index contributed by atoms with van der Waals surface area (Å²) < 4.78 is 5.35. The molecular weight excluding hydrogens is 190 g/mol. The van der Waals surface area contributed by atoms with Gasteiger partial charge in [-0.25, -0.2) is 0 Å². The van der Waals surface area contributed by atoms with Gasteiger partial charge in [0, 0.05) is 18.7 Å². The van der Waals surface area contributed by atoms with Crippen molar-refractivity contribution in [3.63, 3.8) is 0 Å². The maximum Gasteiger partial charge on any atom is 0.127 e. The molecule has 1 aliphatic rings. The van der Waals surface area contributed by atoms with Crippen LogP contribution in [0.2, 0.25) is 0 Å². The molecule has 0 amide bonds. The number of hydrogen-bond donors (Lipinski definition) is 1. The van der Waals surface area contributed by atoms with Crippen molar-refractivity contribution in [1.82, 2.24) is 10.2 Å². The first kappa shape index (κ1) is 10.5. The van der Waals surface area contributed by atoms with Crippen LogP contribution < -0.4 is 4.90 Å². The molecule has 0 aromatic carbocycles. The predicted molar refractivity (Wildman–Crippen MR) is 60.3 cm³/mol. The first-order valence-corrected chi connectivity index (χ1v) is 5.45. The monoisotopic (exact) mass is 209 g/mol. The van der Waals surface area contributed by atoms with Gasteiger partial charge in [-0.2, -0.15) is 5.10 Å². The fraction of sp³-hybridized carbons (Fsp3) is 0.727. The largest absolute Gasteiger partial charge is 0.378 e. The number of aromatic amines is 1. The van der Waals surface area contributed by atoms with Gasteiger partial charge in [0.25, 0.3) is 0 Å². The Morgan fingerprint density at radius 1 is 1.33 bits per heavy atom. The molecule has 15 heavy (non-hydrogen) atoms. The molecule has 84 valence electrons. The van der Waals surface area contributed by atoms with Crippen LogP contribution >= 0.6 is 0 Å². The molecule has 2 heterocycles. The Balaban J connectivity index is 2.24. The average molecular weight is 209 g/mol. The van der Waals surface area contributed by atoms with Crippen LogP contribution in [0.5, 0.6) is 0 Å². The molecule has 0 radical (unpaired) electrons. The van der Waals surface area contributed by atoms with E-state index in [1.165, 1.54) is 5.56 Å². The van der Waals surface area contributed by atoms with Crippen molar-refractivity contribution in [1.29, 1.82) is 0 Å². The quantitative estimate of drug-likeness (QED) is 0.763. The van der Waals surface area contributed by atoms with Crippen molar-refractivity contribution in [2.24, 2.45) is 0 Å². The molecule has 0 unspecified atom stereocenters. The number of hydrogen-bond acceptors (Lipinski definition) is 3. The van der Waals surface area contributed by atoms with Gasteiger partial charge in [-0.05, 0) is 5.41 Å². The second kappa shape index (κ2) is 3.85. The summed E-state index contributed by atoms with van der Waals surface area (Å²) in [6.07, 6.45) is 1.94. The van der Waals surface area contributed by atoms with Gasteiger partial charge in [-0.3, -0.25) is 5.10 Å². The van der Waals surface area contributed by atoms with Gasteiger partial charge < -0.3 is 9.64 Å². The highest BCUT2D eigenvalue weighted by atomic mass is 16.5.